The van der Waals surface area contributed by atoms with Gasteiger partial charge in [-0.25, -0.2) is 17.9 Å². The molecule has 25 heavy (non-hydrogen) atoms. The molecule has 0 spiro atoms. The summed E-state index contributed by atoms with van der Waals surface area (Å²) in [5.74, 6) is -0.208. The van der Waals surface area contributed by atoms with Crippen molar-refractivity contribution in [2.45, 2.75) is 51.3 Å². The van der Waals surface area contributed by atoms with E-state index in [2.05, 4.69) is 10.6 Å². The molecule has 0 radical (unpaired) electrons. The molecule has 3 N–H and O–H groups in total. The molecule has 1 atom stereocenters. The first-order valence-corrected chi connectivity index (χ1v) is 9.89. The summed E-state index contributed by atoms with van der Waals surface area (Å²) in [6, 6.07) is 2.65. The Balaban J connectivity index is 2.26. The minimum absolute atomic E-state index is 0.0778. The van der Waals surface area contributed by atoms with Crippen molar-refractivity contribution in [3.63, 3.8) is 0 Å². The van der Waals surface area contributed by atoms with E-state index in [9.17, 15) is 18.0 Å². The molecule has 1 heterocycles. The third-order valence-electron chi connectivity index (χ3n) is 3.95. The Labute approximate surface area is 152 Å². The van der Waals surface area contributed by atoms with Crippen LogP contribution in [0.15, 0.2) is 12.1 Å². The second-order valence-electron chi connectivity index (χ2n) is 6.63. The number of halogens is 1. The molecule has 1 unspecified atom stereocenters. The van der Waals surface area contributed by atoms with E-state index in [1.165, 1.54) is 0 Å². The van der Waals surface area contributed by atoms with Gasteiger partial charge in [0.1, 0.15) is 0 Å². The number of rotatable bonds is 5. The minimum atomic E-state index is -3.97. The van der Waals surface area contributed by atoms with Gasteiger partial charge in [-0.05, 0) is 35.1 Å². The van der Waals surface area contributed by atoms with E-state index in [0.29, 0.717) is 10.7 Å². The lowest BCUT2D eigenvalue weighted by Gasteiger charge is -2.27. The number of hydrogen-bond donors (Lipinski definition) is 3. The van der Waals surface area contributed by atoms with Crippen molar-refractivity contribution < 1.29 is 18.0 Å². The number of carbonyl (C=O) groups excluding carboxylic acids is 2. The highest BCUT2D eigenvalue weighted by atomic mass is 35.5. The Morgan fingerprint density at radius 1 is 1.20 bits per heavy atom. The van der Waals surface area contributed by atoms with Crippen LogP contribution in [0.1, 0.15) is 57.1 Å². The first-order chi connectivity index (χ1) is 11.5. The Bertz CT molecular complexity index is 769. The number of benzene rings is 1. The Hall–Kier alpha value is -1.80. The predicted octanol–water partition coefficient (Wildman–Crippen LogP) is 2.88. The van der Waals surface area contributed by atoms with E-state index in [1.54, 1.807) is 12.1 Å². The van der Waals surface area contributed by atoms with Crippen LogP contribution in [0.3, 0.4) is 0 Å². The number of sulfonamides is 1. The maximum atomic E-state index is 12.2. The van der Waals surface area contributed by atoms with Gasteiger partial charge in [-0.1, -0.05) is 39.3 Å². The molecule has 2 rings (SSSR count). The fraction of sp³-hybridized carbons (Fsp3) is 0.500. The van der Waals surface area contributed by atoms with Crippen LogP contribution >= 0.6 is 11.6 Å². The van der Waals surface area contributed by atoms with E-state index in [4.69, 9.17) is 11.6 Å². The summed E-state index contributed by atoms with van der Waals surface area (Å²) >= 11 is 6.17. The van der Waals surface area contributed by atoms with Crippen LogP contribution in [0.25, 0.3) is 0 Å². The normalized spacial score (nSPS) is 17.2. The number of carbonyl (C=O) groups is 2. The first-order valence-electron chi connectivity index (χ1n) is 7.96. The number of nitrogens with one attached hydrogen (secondary N) is 3. The fourth-order valence-electron chi connectivity index (χ4n) is 2.56. The van der Waals surface area contributed by atoms with Gasteiger partial charge in [0.05, 0.1) is 6.42 Å². The average Bonchev–Trinajstić information content (AvgIpc) is 2.44. The number of hydrogen-bond acceptors (Lipinski definition) is 4. The Morgan fingerprint density at radius 3 is 2.08 bits per heavy atom. The van der Waals surface area contributed by atoms with Gasteiger partial charge in [-0.3, -0.25) is 4.79 Å². The summed E-state index contributed by atoms with van der Waals surface area (Å²) in [4.78, 5) is 23.1. The maximum absolute atomic E-state index is 12.2. The molecule has 1 saturated heterocycles. The molecule has 138 valence electrons. The Kier molecular flexibility index (Phi) is 5.63. The topological polar surface area (TPSA) is 104 Å². The van der Waals surface area contributed by atoms with Crippen molar-refractivity contribution in [3.05, 3.63) is 28.3 Å². The summed E-state index contributed by atoms with van der Waals surface area (Å²) in [6.45, 7) is 7.83. The van der Waals surface area contributed by atoms with Crippen molar-refractivity contribution in [3.8, 4) is 0 Å². The lowest BCUT2D eigenvalue weighted by atomic mass is 9.92. The molecule has 1 aliphatic rings. The predicted molar refractivity (Wildman–Crippen MR) is 97.3 cm³/mol. The molecule has 1 fully saturated rings. The van der Waals surface area contributed by atoms with E-state index in [-0.39, 0.29) is 24.2 Å². The standard InChI is InChI=1S/C16H22ClN3O4S/c1-8(2)11-5-10(17)6-12(9(3)4)15(11)19-16(22)20-25(23,24)14-7-13(21)18-14/h5-6,8-9,14H,7H2,1-4H3,(H,18,21)(H2,19,20,22). The monoisotopic (exact) mass is 387 g/mol. The molecule has 0 aromatic heterocycles. The number of amides is 3. The molecular weight excluding hydrogens is 366 g/mol. The molecule has 7 nitrogen and oxygen atoms in total. The highest BCUT2D eigenvalue weighted by molar-refractivity contribution is 7.90. The van der Waals surface area contributed by atoms with Crippen molar-refractivity contribution in [1.29, 1.82) is 0 Å². The van der Waals surface area contributed by atoms with E-state index >= 15 is 0 Å². The second-order valence-corrected chi connectivity index (χ2v) is 8.93. The van der Waals surface area contributed by atoms with Crippen molar-refractivity contribution >= 4 is 39.2 Å². The molecule has 1 aromatic carbocycles. The minimum Gasteiger partial charge on any atom is -0.338 e. The molecule has 1 aliphatic heterocycles. The largest absolute Gasteiger partial charge is 0.338 e. The molecule has 3 amide bonds. The summed E-state index contributed by atoms with van der Waals surface area (Å²) in [7, 11) is -3.97. The van der Waals surface area contributed by atoms with Crippen LogP contribution in [0.4, 0.5) is 10.5 Å². The zero-order valence-electron chi connectivity index (χ0n) is 14.5. The fourth-order valence-corrected chi connectivity index (χ4v) is 3.90. The van der Waals surface area contributed by atoms with Crippen LogP contribution in [0.2, 0.25) is 5.02 Å². The molecule has 0 bridgehead atoms. The quantitative estimate of drug-likeness (QED) is 0.675. The SMILES string of the molecule is CC(C)c1cc(Cl)cc(C(C)C)c1NC(=O)NS(=O)(=O)C1CC(=O)N1. The summed E-state index contributed by atoms with van der Waals surface area (Å²) in [6.07, 6.45) is -0.155. The Morgan fingerprint density at radius 2 is 1.68 bits per heavy atom. The van der Waals surface area contributed by atoms with E-state index < -0.39 is 21.4 Å². The average molecular weight is 388 g/mol. The second kappa shape index (κ2) is 7.21. The highest BCUT2D eigenvalue weighted by Gasteiger charge is 2.38. The van der Waals surface area contributed by atoms with Crippen molar-refractivity contribution in [1.82, 2.24) is 10.0 Å². The zero-order chi connectivity index (χ0) is 18.9. The first kappa shape index (κ1) is 19.5. The molecular formula is C16H22ClN3O4S. The van der Waals surface area contributed by atoms with Gasteiger partial charge in [0, 0.05) is 10.7 Å². The molecule has 1 aromatic rings. The summed E-state index contributed by atoms with van der Waals surface area (Å²) in [5, 5.41) is 4.35. The van der Waals surface area contributed by atoms with Gasteiger partial charge in [-0.2, -0.15) is 0 Å². The van der Waals surface area contributed by atoms with Crippen LogP contribution in [0, 0.1) is 0 Å². The highest BCUT2D eigenvalue weighted by Crippen LogP contribution is 2.35. The third-order valence-corrected chi connectivity index (χ3v) is 5.67. The lowest BCUT2D eigenvalue weighted by Crippen LogP contribution is -2.57. The van der Waals surface area contributed by atoms with Gasteiger partial charge in [0.25, 0.3) is 10.0 Å². The van der Waals surface area contributed by atoms with Gasteiger partial charge < -0.3 is 10.6 Å². The number of β-lactam (4-membered cyclic amide) rings is 1. The van der Waals surface area contributed by atoms with Crippen molar-refractivity contribution in [2.75, 3.05) is 5.32 Å². The van der Waals surface area contributed by atoms with Gasteiger partial charge in [0.15, 0.2) is 5.37 Å². The van der Waals surface area contributed by atoms with Gasteiger partial charge in [0.2, 0.25) is 5.91 Å². The van der Waals surface area contributed by atoms with Crippen LogP contribution < -0.4 is 15.4 Å². The molecule has 9 heteroatoms. The zero-order valence-corrected chi connectivity index (χ0v) is 16.1. The molecule has 0 saturated carbocycles. The van der Waals surface area contributed by atoms with Crippen LogP contribution in [-0.2, 0) is 14.8 Å². The van der Waals surface area contributed by atoms with Crippen molar-refractivity contribution in [2.24, 2.45) is 0 Å². The third kappa shape index (κ3) is 4.43. The van der Waals surface area contributed by atoms with Gasteiger partial charge >= 0.3 is 6.03 Å². The molecule has 0 aliphatic carbocycles. The number of urea groups is 1. The van der Waals surface area contributed by atoms with Crippen LogP contribution in [-0.4, -0.2) is 25.7 Å². The van der Waals surface area contributed by atoms with Crippen LogP contribution in [0.5, 0.6) is 0 Å². The lowest BCUT2D eigenvalue weighted by molar-refractivity contribution is -0.126. The number of anilines is 1. The smallest absolute Gasteiger partial charge is 0.332 e. The maximum Gasteiger partial charge on any atom is 0.332 e. The van der Waals surface area contributed by atoms with E-state index in [1.807, 2.05) is 32.4 Å². The summed E-state index contributed by atoms with van der Waals surface area (Å²) < 4.78 is 26.0. The van der Waals surface area contributed by atoms with E-state index in [0.717, 1.165) is 11.1 Å². The summed E-state index contributed by atoms with van der Waals surface area (Å²) in [5.41, 5.74) is 2.20. The van der Waals surface area contributed by atoms with Gasteiger partial charge in [-0.15, -0.1) is 0 Å².